The number of nitrogens with zero attached hydrogens (tertiary/aromatic N) is 1. The summed E-state index contributed by atoms with van der Waals surface area (Å²) in [5, 5.41) is 2.44. The molecule has 2 aromatic rings. The first kappa shape index (κ1) is 18.9. The molecule has 1 N–H and O–H groups in total. The Hall–Kier alpha value is -2.83. The Morgan fingerprint density at radius 2 is 1.89 bits per heavy atom. The molecule has 142 valence electrons. The van der Waals surface area contributed by atoms with Crippen LogP contribution in [0.2, 0.25) is 0 Å². The summed E-state index contributed by atoms with van der Waals surface area (Å²) in [4.78, 5) is 26.6. The number of nitrogens with one attached hydrogen (secondary N) is 1. The van der Waals surface area contributed by atoms with E-state index in [0.717, 1.165) is 6.92 Å². The van der Waals surface area contributed by atoms with Crippen molar-refractivity contribution >= 4 is 17.5 Å². The Morgan fingerprint density at radius 3 is 2.56 bits per heavy atom. The number of hydrogen-bond donors (Lipinski definition) is 1. The van der Waals surface area contributed by atoms with Gasteiger partial charge in [-0.3, -0.25) is 9.59 Å². The molecule has 2 amide bonds. The minimum Gasteiger partial charge on any atom is -0.344 e. The summed E-state index contributed by atoms with van der Waals surface area (Å²) in [6.07, 6.45) is 0. The second-order valence-corrected chi connectivity index (χ2v) is 6.79. The van der Waals surface area contributed by atoms with Crippen LogP contribution in [0.4, 0.5) is 18.9 Å². The molecular formula is C20H19F3N2O2. The number of amides is 2. The Labute approximate surface area is 155 Å². The van der Waals surface area contributed by atoms with Crippen molar-refractivity contribution in [1.29, 1.82) is 0 Å². The van der Waals surface area contributed by atoms with Crippen LogP contribution < -0.4 is 5.32 Å². The van der Waals surface area contributed by atoms with Crippen molar-refractivity contribution in [3.63, 3.8) is 0 Å². The topological polar surface area (TPSA) is 49.4 Å². The van der Waals surface area contributed by atoms with Crippen LogP contribution in [0.25, 0.3) is 0 Å². The van der Waals surface area contributed by atoms with Gasteiger partial charge in [-0.25, -0.2) is 13.2 Å². The van der Waals surface area contributed by atoms with Crippen molar-refractivity contribution in [2.75, 3.05) is 18.9 Å². The van der Waals surface area contributed by atoms with Crippen molar-refractivity contribution in [2.45, 2.75) is 18.8 Å². The number of benzene rings is 2. The Morgan fingerprint density at radius 1 is 1.19 bits per heavy atom. The molecule has 0 saturated carbocycles. The number of alkyl halides is 2. The summed E-state index contributed by atoms with van der Waals surface area (Å²) in [5.41, 5.74) is 0.258. The van der Waals surface area contributed by atoms with Gasteiger partial charge >= 0.3 is 0 Å². The Balaban J connectivity index is 1.92. The molecule has 0 bridgehead atoms. The van der Waals surface area contributed by atoms with Gasteiger partial charge in [-0.05, 0) is 23.8 Å². The third kappa shape index (κ3) is 3.82. The second-order valence-electron chi connectivity index (χ2n) is 6.79. The number of halogens is 3. The lowest BCUT2D eigenvalue weighted by Gasteiger charge is -2.19. The number of rotatable bonds is 4. The molecule has 2 aromatic carbocycles. The highest BCUT2D eigenvalue weighted by atomic mass is 19.3. The molecule has 1 aliphatic heterocycles. The molecule has 0 radical (unpaired) electrons. The smallest absolute Gasteiger partial charge is 0.270 e. The number of likely N-dealkylation sites (tertiary alicyclic amines) is 1. The van der Waals surface area contributed by atoms with Gasteiger partial charge in [0.2, 0.25) is 11.8 Å². The fourth-order valence-corrected chi connectivity index (χ4v) is 3.31. The van der Waals surface area contributed by atoms with Crippen LogP contribution in [0.5, 0.6) is 0 Å². The average Bonchev–Trinajstić information content (AvgIpc) is 2.91. The summed E-state index contributed by atoms with van der Waals surface area (Å²) in [6, 6.07) is 11.4. The molecule has 0 spiro atoms. The van der Waals surface area contributed by atoms with E-state index in [-0.39, 0.29) is 17.8 Å². The first-order chi connectivity index (χ1) is 12.7. The maximum atomic E-state index is 13.8. The molecule has 0 aliphatic carbocycles. The number of carbonyl (C=O) groups excluding carboxylic acids is 2. The summed E-state index contributed by atoms with van der Waals surface area (Å²) < 4.78 is 41.1. The fraction of sp³-hybridized carbons (Fsp3) is 0.300. The molecule has 1 aliphatic rings. The van der Waals surface area contributed by atoms with Gasteiger partial charge in [0, 0.05) is 32.0 Å². The van der Waals surface area contributed by atoms with E-state index in [1.165, 1.54) is 41.3 Å². The van der Waals surface area contributed by atoms with E-state index >= 15 is 0 Å². The molecule has 7 heteroatoms. The van der Waals surface area contributed by atoms with Gasteiger partial charge in [0.05, 0.1) is 5.69 Å². The van der Waals surface area contributed by atoms with Crippen molar-refractivity contribution in [2.24, 2.45) is 5.92 Å². The molecule has 3 rings (SSSR count). The lowest BCUT2D eigenvalue weighted by Crippen LogP contribution is -2.33. The third-order valence-electron chi connectivity index (χ3n) is 4.75. The second kappa shape index (κ2) is 7.06. The van der Waals surface area contributed by atoms with Gasteiger partial charge in [0.25, 0.3) is 5.92 Å². The Kier molecular flexibility index (Phi) is 4.95. The van der Waals surface area contributed by atoms with E-state index < -0.39 is 35.4 Å². The van der Waals surface area contributed by atoms with Crippen LogP contribution in [-0.4, -0.2) is 30.3 Å². The first-order valence-corrected chi connectivity index (χ1v) is 8.47. The highest BCUT2D eigenvalue weighted by molar-refractivity contribution is 6.08. The monoisotopic (exact) mass is 376 g/mol. The van der Waals surface area contributed by atoms with Crippen LogP contribution in [0.3, 0.4) is 0 Å². The van der Waals surface area contributed by atoms with Gasteiger partial charge in [0.1, 0.15) is 11.7 Å². The normalized spacial score (nSPS) is 20.0. The molecule has 2 atom stereocenters. The van der Waals surface area contributed by atoms with E-state index in [4.69, 9.17) is 0 Å². The molecule has 0 aromatic heterocycles. The molecule has 27 heavy (non-hydrogen) atoms. The standard InChI is InChI=1S/C20H19F3N2O2/c1-20(22,23)13-7-5-6-12(10-13)14-11-25(2)19(27)17(14)18(26)24-16-9-4-3-8-15(16)21/h3-10,14,17H,11H2,1-2H3,(H,24,26)/t14-,17+/m1/s1. The Bertz CT molecular complexity index is 880. The highest BCUT2D eigenvalue weighted by Gasteiger charge is 2.44. The average molecular weight is 376 g/mol. The maximum Gasteiger partial charge on any atom is 0.270 e. The molecular weight excluding hydrogens is 357 g/mol. The zero-order valence-electron chi connectivity index (χ0n) is 14.9. The van der Waals surface area contributed by atoms with Gasteiger partial charge in [0.15, 0.2) is 0 Å². The van der Waals surface area contributed by atoms with Gasteiger partial charge in [-0.15, -0.1) is 0 Å². The van der Waals surface area contributed by atoms with E-state index in [1.54, 1.807) is 19.2 Å². The van der Waals surface area contributed by atoms with Crippen LogP contribution in [0, 0.1) is 11.7 Å². The zero-order valence-corrected chi connectivity index (χ0v) is 14.9. The van der Waals surface area contributed by atoms with E-state index in [0.29, 0.717) is 5.56 Å². The van der Waals surface area contributed by atoms with Crippen LogP contribution in [0.1, 0.15) is 24.0 Å². The van der Waals surface area contributed by atoms with E-state index in [2.05, 4.69) is 5.32 Å². The molecule has 1 heterocycles. The number of carbonyl (C=O) groups is 2. The van der Waals surface area contributed by atoms with Crippen molar-refractivity contribution in [3.8, 4) is 0 Å². The van der Waals surface area contributed by atoms with Crippen LogP contribution in [0.15, 0.2) is 48.5 Å². The SMILES string of the molecule is CN1C[C@H](c2cccc(C(C)(F)F)c2)[C@@H](C(=O)Nc2ccccc2F)C1=O. The number of likely N-dealkylation sites (N-methyl/N-ethyl adjacent to an activating group) is 1. The lowest BCUT2D eigenvalue weighted by atomic mass is 9.86. The summed E-state index contributed by atoms with van der Waals surface area (Å²) in [5.74, 6) is -6.45. The predicted molar refractivity (Wildman–Crippen MR) is 94.9 cm³/mol. The predicted octanol–water partition coefficient (Wildman–Crippen LogP) is 3.75. The number of para-hydroxylation sites is 1. The maximum absolute atomic E-state index is 13.8. The van der Waals surface area contributed by atoms with E-state index in [9.17, 15) is 22.8 Å². The molecule has 0 unspecified atom stereocenters. The fourth-order valence-electron chi connectivity index (χ4n) is 3.31. The van der Waals surface area contributed by atoms with Crippen molar-refractivity contribution in [3.05, 3.63) is 65.5 Å². The summed E-state index contributed by atoms with van der Waals surface area (Å²) in [7, 11) is 1.55. The largest absolute Gasteiger partial charge is 0.344 e. The summed E-state index contributed by atoms with van der Waals surface area (Å²) in [6.45, 7) is 1.01. The van der Waals surface area contributed by atoms with Crippen LogP contribution in [-0.2, 0) is 15.5 Å². The number of hydrogen-bond acceptors (Lipinski definition) is 2. The number of anilines is 1. The minimum atomic E-state index is -3.03. The minimum absolute atomic E-state index is 0.0301. The summed E-state index contributed by atoms with van der Waals surface area (Å²) >= 11 is 0. The van der Waals surface area contributed by atoms with E-state index in [1.807, 2.05) is 0 Å². The van der Waals surface area contributed by atoms with Crippen LogP contribution >= 0.6 is 0 Å². The third-order valence-corrected chi connectivity index (χ3v) is 4.75. The zero-order chi connectivity index (χ0) is 19.8. The lowest BCUT2D eigenvalue weighted by molar-refractivity contribution is -0.135. The van der Waals surface area contributed by atoms with Gasteiger partial charge < -0.3 is 10.2 Å². The van der Waals surface area contributed by atoms with Gasteiger partial charge in [-0.2, -0.15) is 0 Å². The molecule has 1 fully saturated rings. The quantitative estimate of drug-likeness (QED) is 0.827. The first-order valence-electron chi connectivity index (χ1n) is 8.47. The van der Waals surface area contributed by atoms with Gasteiger partial charge in [-0.1, -0.05) is 30.3 Å². The molecule has 4 nitrogen and oxygen atoms in total. The van der Waals surface area contributed by atoms with Crippen molar-refractivity contribution < 1.29 is 22.8 Å². The van der Waals surface area contributed by atoms with Crippen molar-refractivity contribution in [1.82, 2.24) is 4.90 Å². The highest BCUT2D eigenvalue weighted by Crippen LogP contribution is 2.36. The molecule has 1 saturated heterocycles.